The molecule has 2 rings (SSSR count). The Morgan fingerprint density at radius 3 is 2.84 bits per heavy atom. The van der Waals surface area contributed by atoms with Crippen molar-refractivity contribution >= 4 is 33.2 Å². The van der Waals surface area contributed by atoms with Crippen LogP contribution in [-0.2, 0) is 0 Å². The summed E-state index contributed by atoms with van der Waals surface area (Å²) in [4.78, 5) is 13.2. The first-order chi connectivity index (χ1) is 9.11. The molecule has 1 aromatic carbocycles. The summed E-state index contributed by atoms with van der Waals surface area (Å²) in [6, 6.07) is 8.27. The highest BCUT2D eigenvalue weighted by Crippen LogP contribution is 2.23. The topological polar surface area (TPSA) is 29.1 Å². The van der Waals surface area contributed by atoms with Crippen molar-refractivity contribution in [2.24, 2.45) is 0 Å². The van der Waals surface area contributed by atoms with Crippen molar-refractivity contribution in [2.75, 3.05) is 0 Å². The molecule has 1 unspecified atom stereocenters. The lowest BCUT2D eigenvalue weighted by Crippen LogP contribution is -2.28. The number of amides is 1. The lowest BCUT2D eigenvalue weighted by Gasteiger charge is -2.15. The number of halogens is 2. The maximum absolute atomic E-state index is 13.7. The van der Waals surface area contributed by atoms with Gasteiger partial charge in [0.1, 0.15) is 5.82 Å². The van der Waals surface area contributed by atoms with Crippen LogP contribution in [0.4, 0.5) is 4.39 Å². The number of thiophene rings is 1. The van der Waals surface area contributed by atoms with Crippen molar-refractivity contribution < 1.29 is 9.18 Å². The van der Waals surface area contributed by atoms with Crippen LogP contribution in [0.25, 0.3) is 0 Å². The molecule has 0 fully saturated rings. The molecular formula is C14H13BrFNOS. The van der Waals surface area contributed by atoms with Gasteiger partial charge >= 0.3 is 0 Å². The van der Waals surface area contributed by atoms with Crippen molar-refractivity contribution in [1.29, 1.82) is 0 Å². The van der Waals surface area contributed by atoms with E-state index >= 15 is 0 Å². The van der Waals surface area contributed by atoms with Crippen LogP contribution in [-0.4, -0.2) is 5.91 Å². The normalized spacial score (nSPS) is 12.2. The zero-order chi connectivity index (χ0) is 13.8. The second-order valence-corrected chi connectivity index (χ2v) is 5.97. The summed E-state index contributed by atoms with van der Waals surface area (Å²) < 4.78 is 14.3. The van der Waals surface area contributed by atoms with Gasteiger partial charge in [-0.3, -0.25) is 4.79 Å². The summed E-state index contributed by atoms with van der Waals surface area (Å²) in [6.45, 7) is 1.99. The van der Waals surface area contributed by atoms with Crippen LogP contribution in [0.1, 0.15) is 34.6 Å². The smallest absolute Gasteiger partial charge is 0.254 e. The summed E-state index contributed by atoms with van der Waals surface area (Å²) in [6.07, 6.45) is 0.768. The van der Waals surface area contributed by atoms with Crippen LogP contribution < -0.4 is 5.32 Å². The molecular weight excluding hydrogens is 329 g/mol. The highest BCUT2D eigenvalue weighted by Gasteiger charge is 2.17. The van der Waals surface area contributed by atoms with Crippen LogP contribution in [0.5, 0.6) is 0 Å². The molecule has 1 heterocycles. The Hall–Kier alpha value is -1.20. The number of hydrogen-bond acceptors (Lipinski definition) is 2. The van der Waals surface area contributed by atoms with Crippen molar-refractivity contribution in [2.45, 2.75) is 19.4 Å². The molecule has 2 nitrogen and oxygen atoms in total. The van der Waals surface area contributed by atoms with Gasteiger partial charge in [-0.1, -0.05) is 28.9 Å². The van der Waals surface area contributed by atoms with E-state index in [1.807, 2.05) is 24.4 Å². The molecule has 0 radical (unpaired) electrons. The van der Waals surface area contributed by atoms with E-state index in [2.05, 4.69) is 21.2 Å². The maximum atomic E-state index is 13.7. The van der Waals surface area contributed by atoms with E-state index < -0.39 is 5.82 Å². The van der Waals surface area contributed by atoms with Crippen molar-refractivity contribution in [3.63, 3.8) is 0 Å². The monoisotopic (exact) mass is 341 g/mol. The summed E-state index contributed by atoms with van der Waals surface area (Å²) in [5, 5.41) is 4.82. The Kier molecular flexibility index (Phi) is 4.71. The van der Waals surface area contributed by atoms with Gasteiger partial charge in [0.2, 0.25) is 0 Å². The van der Waals surface area contributed by atoms with E-state index in [4.69, 9.17) is 0 Å². The molecule has 0 aliphatic rings. The zero-order valence-electron chi connectivity index (χ0n) is 10.3. The number of benzene rings is 1. The van der Waals surface area contributed by atoms with Crippen molar-refractivity contribution in [3.8, 4) is 0 Å². The van der Waals surface area contributed by atoms with Gasteiger partial charge in [-0.05, 0) is 36.1 Å². The lowest BCUT2D eigenvalue weighted by atomic mass is 10.1. The Morgan fingerprint density at radius 2 is 2.26 bits per heavy atom. The second-order valence-electron chi connectivity index (χ2n) is 4.07. The molecule has 0 aliphatic heterocycles. The van der Waals surface area contributed by atoms with Gasteiger partial charge in [0.15, 0.2) is 0 Å². The highest BCUT2D eigenvalue weighted by atomic mass is 79.9. The van der Waals surface area contributed by atoms with Crippen LogP contribution in [0.2, 0.25) is 0 Å². The van der Waals surface area contributed by atoms with Crippen LogP contribution in [0.3, 0.4) is 0 Å². The number of carbonyl (C=O) groups is 1. The van der Waals surface area contributed by atoms with Crippen molar-refractivity contribution in [3.05, 3.63) is 56.4 Å². The largest absolute Gasteiger partial charge is 0.344 e. The summed E-state index contributed by atoms with van der Waals surface area (Å²) in [5.74, 6) is -0.904. The number of rotatable bonds is 4. The molecule has 1 aromatic heterocycles. The average molecular weight is 342 g/mol. The van der Waals surface area contributed by atoms with Crippen LogP contribution in [0.15, 0.2) is 40.2 Å². The Labute approximate surface area is 123 Å². The first-order valence-electron chi connectivity index (χ1n) is 5.91. The van der Waals surface area contributed by atoms with Crippen LogP contribution in [0, 0.1) is 5.82 Å². The van der Waals surface area contributed by atoms with Crippen LogP contribution >= 0.6 is 27.3 Å². The fourth-order valence-electron chi connectivity index (χ4n) is 1.77. The van der Waals surface area contributed by atoms with E-state index in [9.17, 15) is 9.18 Å². The summed E-state index contributed by atoms with van der Waals surface area (Å²) >= 11 is 4.75. The lowest BCUT2D eigenvalue weighted by molar-refractivity contribution is 0.0932. The first-order valence-corrected chi connectivity index (χ1v) is 7.58. The van der Waals surface area contributed by atoms with E-state index in [1.54, 1.807) is 17.4 Å². The number of hydrogen-bond donors (Lipinski definition) is 1. The minimum atomic E-state index is -0.520. The minimum absolute atomic E-state index is 0.0678. The molecule has 2 aromatic rings. The molecule has 5 heteroatoms. The molecule has 100 valence electrons. The van der Waals surface area contributed by atoms with Gasteiger partial charge in [0.25, 0.3) is 5.91 Å². The summed E-state index contributed by atoms with van der Waals surface area (Å²) in [7, 11) is 0. The van der Waals surface area contributed by atoms with Gasteiger partial charge in [-0.15, -0.1) is 11.3 Å². The third-order valence-electron chi connectivity index (χ3n) is 2.78. The molecule has 19 heavy (non-hydrogen) atoms. The third kappa shape index (κ3) is 3.42. The zero-order valence-corrected chi connectivity index (χ0v) is 12.7. The number of carbonyl (C=O) groups excluding carboxylic acids is 1. The molecule has 0 saturated carbocycles. The fourth-order valence-corrected chi connectivity index (χ4v) is 2.97. The Morgan fingerprint density at radius 1 is 1.47 bits per heavy atom. The number of nitrogens with one attached hydrogen (secondary N) is 1. The predicted molar refractivity (Wildman–Crippen MR) is 78.9 cm³/mol. The SMILES string of the molecule is CCC(NC(=O)c1ccc(Br)cc1F)c1cccs1. The highest BCUT2D eigenvalue weighted by molar-refractivity contribution is 9.10. The molecule has 0 aliphatic carbocycles. The van der Waals surface area contributed by atoms with E-state index in [0.29, 0.717) is 4.47 Å². The van der Waals surface area contributed by atoms with E-state index in [0.717, 1.165) is 11.3 Å². The third-order valence-corrected chi connectivity index (χ3v) is 4.26. The minimum Gasteiger partial charge on any atom is -0.344 e. The molecule has 1 amide bonds. The quantitative estimate of drug-likeness (QED) is 0.869. The average Bonchev–Trinajstić information content (AvgIpc) is 2.89. The van der Waals surface area contributed by atoms with Crippen molar-refractivity contribution in [1.82, 2.24) is 5.32 Å². The summed E-state index contributed by atoms with van der Waals surface area (Å²) in [5.41, 5.74) is 0.0678. The molecule has 0 bridgehead atoms. The molecule has 0 spiro atoms. The van der Waals surface area contributed by atoms with E-state index in [-0.39, 0.29) is 17.5 Å². The molecule has 1 atom stereocenters. The molecule has 1 N–H and O–H groups in total. The van der Waals surface area contributed by atoms with Gasteiger partial charge in [-0.25, -0.2) is 4.39 Å². The van der Waals surface area contributed by atoms with Gasteiger partial charge in [0, 0.05) is 9.35 Å². The van der Waals surface area contributed by atoms with Gasteiger partial charge < -0.3 is 5.32 Å². The molecule has 0 saturated heterocycles. The second kappa shape index (κ2) is 6.30. The Bertz CT molecular complexity index is 571. The van der Waals surface area contributed by atoms with Gasteiger partial charge in [0.05, 0.1) is 11.6 Å². The fraction of sp³-hybridized carbons (Fsp3) is 0.214. The first kappa shape index (κ1) is 14.2. The van der Waals surface area contributed by atoms with Gasteiger partial charge in [-0.2, -0.15) is 0 Å². The predicted octanol–water partition coefficient (Wildman–Crippen LogP) is 4.53. The standard InChI is InChI=1S/C14H13BrFNOS/c1-2-12(13-4-3-7-19-13)17-14(18)10-6-5-9(15)8-11(10)16/h3-8,12H,2H2,1H3,(H,17,18). The van der Waals surface area contributed by atoms with E-state index in [1.165, 1.54) is 12.1 Å². The maximum Gasteiger partial charge on any atom is 0.254 e. The Balaban J connectivity index is 2.16.